The molecule has 1 saturated heterocycles. The standard InChI is InChI=1S/C15H20N2O3/c1-19-13-5-3-12(11-14(13)20-2)4-6-15(18)17-9-7-16-8-10-17/h3-6,11,16H,7-10H2,1-2H3. The largest absolute Gasteiger partial charge is 0.493 e. The average molecular weight is 276 g/mol. The predicted octanol–water partition coefficient (Wildman–Crippen LogP) is 1.15. The van der Waals surface area contributed by atoms with Crippen LogP contribution in [0.4, 0.5) is 0 Å². The molecule has 1 aliphatic rings. The average Bonchev–Trinajstić information content (AvgIpc) is 2.53. The Bertz CT molecular complexity index is 494. The van der Waals surface area contributed by atoms with Crippen molar-refractivity contribution in [3.05, 3.63) is 29.8 Å². The fraction of sp³-hybridized carbons (Fsp3) is 0.400. The van der Waals surface area contributed by atoms with Gasteiger partial charge in [-0.3, -0.25) is 4.79 Å². The highest BCUT2D eigenvalue weighted by Crippen LogP contribution is 2.27. The maximum atomic E-state index is 12.0. The van der Waals surface area contributed by atoms with Crippen LogP contribution in [0.2, 0.25) is 0 Å². The third-order valence-electron chi connectivity index (χ3n) is 3.25. The quantitative estimate of drug-likeness (QED) is 0.838. The molecular formula is C15H20N2O3. The molecule has 20 heavy (non-hydrogen) atoms. The minimum absolute atomic E-state index is 0.0429. The molecule has 0 atom stereocenters. The number of amides is 1. The zero-order valence-corrected chi connectivity index (χ0v) is 11.9. The summed E-state index contributed by atoms with van der Waals surface area (Å²) in [6.07, 6.45) is 3.40. The van der Waals surface area contributed by atoms with E-state index < -0.39 is 0 Å². The summed E-state index contributed by atoms with van der Waals surface area (Å²) in [5.74, 6) is 1.38. The third-order valence-corrected chi connectivity index (χ3v) is 3.25. The van der Waals surface area contributed by atoms with Gasteiger partial charge in [-0.05, 0) is 23.8 Å². The van der Waals surface area contributed by atoms with E-state index >= 15 is 0 Å². The number of carbonyl (C=O) groups is 1. The van der Waals surface area contributed by atoms with Crippen molar-refractivity contribution in [1.29, 1.82) is 0 Å². The van der Waals surface area contributed by atoms with Crippen LogP contribution in [0, 0.1) is 0 Å². The molecule has 1 aromatic rings. The topological polar surface area (TPSA) is 50.8 Å². The molecule has 1 heterocycles. The molecule has 0 unspecified atom stereocenters. The van der Waals surface area contributed by atoms with Gasteiger partial charge in [0.05, 0.1) is 14.2 Å². The maximum Gasteiger partial charge on any atom is 0.246 e. The molecule has 2 rings (SSSR count). The van der Waals surface area contributed by atoms with Gasteiger partial charge in [0.25, 0.3) is 0 Å². The maximum absolute atomic E-state index is 12.0. The lowest BCUT2D eigenvalue weighted by Gasteiger charge is -2.26. The number of nitrogens with one attached hydrogen (secondary N) is 1. The van der Waals surface area contributed by atoms with E-state index in [0.717, 1.165) is 31.7 Å². The van der Waals surface area contributed by atoms with Crippen LogP contribution in [0.15, 0.2) is 24.3 Å². The fourth-order valence-electron chi connectivity index (χ4n) is 2.11. The summed E-state index contributed by atoms with van der Waals surface area (Å²) < 4.78 is 10.4. The van der Waals surface area contributed by atoms with Crippen molar-refractivity contribution in [3.63, 3.8) is 0 Å². The summed E-state index contributed by atoms with van der Waals surface area (Å²) in [5, 5.41) is 3.22. The monoisotopic (exact) mass is 276 g/mol. The number of benzene rings is 1. The second-order valence-corrected chi connectivity index (χ2v) is 4.52. The number of piperazine rings is 1. The summed E-state index contributed by atoms with van der Waals surface area (Å²) in [6, 6.07) is 5.57. The van der Waals surface area contributed by atoms with Crippen molar-refractivity contribution >= 4 is 12.0 Å². The van der Waals surface area contributed by atoms with Gasteiger partial charge in [-0.25, -0.2) is 0 Å². The molecule has 0 spiro atoms. The predicted molar refractivity (Wildman–Crippen MR) is 78.0 cm³/mol. The first-order valence-corrected chi connectivity index (χ1v) is 6.64. The van der Waals surface area contributed by atoms with Gasteiger partial charge in [-0.1, -0.05) is 6.07 Å². The number of methoxy groups -OCH3 is 2. The number of hydrogen-bond donors (Lipinski definition) is 1. The van der Waals surface area contributed by atoms with E-state index in [9.17, 15) is 4.79 Å². The highest BCUT2D eigenvalue weighted by molar-refractivity contribution is 5.92. The molecular weight excluding hydrogens is 256 g/mol. The molecule has 1 aromatic carbocycles. The van der Waals surface area contributed by atoms with Crippen molar-refractivity contribution in [1.82, 2.24) is 10.2 Å². The lowest BCUT2D eigenvalue weighted by Crippen LogP contribution is -2.45. The van der Waals surface area contributed by atoms with Gasteiger partial charge < -0.3 is 19.7 Å². The van der Waals surface area contributed by atoms with Crippen molar-refractivity contribution in [2.24, 2.45) is 0 Å². The number of rotatable bonds is 4. The molecule has 5 nitrogen and oxygen atoms in total. The molecule has 1 N–H and O–H groups in total. The van der Waals surface area contributed by atoms with Crippen LogP contribution < -0.4 is 14.8 Å². The number of hydrogen-bond acceptors (Lipinski definition) is 4. The van der Waals surface area contributed by atoms with Gasteiger partial charge in [0.2, 0.25) is 5.91 Å². The third kappa shape index (κ3) is 3.51. The van der Waals surface area contributed by atoms with Crippen LogP contribution >= 0.6 is 0 Å². The Labute approximate surface area is 119 Å². The minimum Gasteiger partial charge on any atom is -0.493 e. The Balaban J connectivity index is 2.04. The first kappa shape index (κ1) is 14.4. The van der Waals surface area contributed by atoms with Gasteiger partial charge >= 0.3 is 0 Å². The van der Waals surface area contributed by atoms with Gasteiger partial charge in [0.15, 0.2) is 11.5 Å². The van der Waals surface area contributed by atoms with Crippen LogP contribution in [0.1, 0.15) is 5.56 Å². The summed E-state index contributed by atoms with van der Waals surface area (Å²) in [5.41, 5.74) is 0.908. The fourth-order valence-corrected chi connectivity index (χ4v) is 2.11. The summed E-state index contributed by atoms with van der Waals surface area (Å²) in [7, 11) is 3.19. The minimum atomic E-state index is 0.0429. The van der Waals surface area contributed by atoms with Gasteiger partial charge in [-0.2, -0.15) is 0 Å². The smallest absolute Gasteiger partial charge is 0.246 e. The number of nitrogens with zero attached hydrogens (tertiary/aromatic N) is 1. The summed E-state index contributed by atoms with van der Waals surface area (Å²) in [4.78, 5) is 13.8. The Hall–Kier alpha value is -2.01. The highest BCUT2D eigenvalue weighted by atomic mass is 16.5. The van der Waals surface area contributed by atoms with Crippen molar-refractivity contribution in [2.75, 3.05) is 40.4 Å². The first-order valence-electron chi connectivity index (χ1n) is 6.64. The zero-order valence-electron chi connectivity index (χ0n) is 11.9. The van der Waals surface area contributed by atoms with Crippen LogP contribution in [-0.2, 0) is 4.79 Å². The van der Waals surface area contributed by atoms with Crippen LogP contribution in [0.3, 0.4) is 0 Å². The molecule has 1 aliphatic heterocycles. The van der Waals surface area contributed by atoms with Gasteiger partial charge in [-0.15, -0.1) is 0 Å². The Morgan fingerprint density at radius 2 is 1.90 bits per heavy atom. The zero-order chi connectivity index (χ0) is 14.4. The molecule has 0 bridgehead atoms. The number of carbonyl (C=O) groups excluding carboxylic acids is 1. The SMILES string of the molecule is COc1ccc(C=CC(=O)N2CCNCC2)cc1OC. The van der Waals surface area contributed by atoms with Gasteiger partial charge in [0, 0.05) is 32.3 Å². The van der Waals surface area contributed by atoms with Crippen molar-refractivity contribution in [3.8, 4) is 11.5 Å². The van der Waals surface area contributed by atoms with E-state index in [2.05, 4.69) is 5.32 Å². The Morgan fingerprint density at radius 3 is 2.55 bits per heavy atom. The van der Waals surface area contributed by atoms with E-state index in [4.69, 9.17) is 9.47 Å². The number of ether oxygens (including phenoxy) is 2. The normalized spacial score (nSPS) is 15.4. The van der Waals surface area contributed by atoms with Crippen LogP contribution in [-0.4, -0.2) is 51.2 Å². The van der Waals surface area contributed by atoms with E-state index in [0.29, 0.717) is 11.5 Å². The van der Waals surface area contributed by atoms with Crippen LogP contribution in [0.25, 0.3) is 6.08 Å². The van der Waals surface area contributed by atoms with E-state index in [1.807, 2.05) is 23.1 Å². The summed E-state index contributed by atoms with van der Waals surface area (Å²) in [6.45, 7) is 3.23. The van der Waals surface area contributed by atoms with E-state index in [-0.39, 0.29) is 5.91 Å². The van der Waals surface area contributed by atoms with Gasteiger partial charge in [0.1, 0.15) is 0 Å². The first-order chi connectivity index (χ1) is 9.74. The molecule has 1 fully saturated rings. The van der Waals surface area contributed by atoms with Crippen LogP contribution in [0.5, 0.6) is 11.5 Å². The second kappa shape index (κ2) is 6.96. The Kier molecular flexibility index (Phi) is 5.01. The molecule has 1 amide bonds. The van der Waals surface area contributed by atoms with Crippen molar-refractivity contribution in [2.45, 2.75) is 0 Å². The second-order valence-electron chi connectivity index (χ2n) is 4.52. The van der Waals surface area contributed by atoms with E-state index in [1.165, 1.54) is 0 Å². The Morgan fingerprint density at radius 1 is 1.20 bits per heavy atom. The molecule has 0 aromatic heterocycles. The highest BCUT2D eigenvalue weighted by Gasteiger charge is 2.13. The molecule has 108 valence electrons. The van der Waals surface area contributed by atoms with Crippen molar-refractivity contribution < 1.29 is 14.3 Å². The molecule has 0 saturated carbocycles. The van der Waals surface area contributed by atoms with E-state index in [1.54, 1.807) is 26.4 Å². The summed E-state index contributed by atoms with van der Waals surface area (Å²) >= 11 is 0. The lowest BCUT2D eigenvalue weighted by molar-refractivity contribution is -0.126. The molecule has 0 aliphatic carbocycles. The molecule has 5 heteroatoms. The molecule has 0 radical (unpaired) electrons. The lowest BCUT2D eigenvalue weighted by atomic mass is 10.2.